The summed E-state index contributed by atoms with van der Waals surface area (Å²) >= 11 is 0. The summed E-state index contributed by atoms with van der Waals surface area (Å²) in [7, 11) is 3.58. The van der Waals surface area contributed by atoms with E-state index in [0.717, 1.165) is 0 Å². The van der Waals surface area contributed by atoms with Crippen molar-refractivity contribution in [2.45, 2.75) is 128 Å². The fourth-order valence-electron chi connectivity index (χ4n) is 8.28. The van der Waals surface area contributed by atoms with Crippen LogP contribution in [0.5, 0.6) is 0 Å². The molecule has 0 aliphatic carbocycles. The second-order valence-corrected chi connectivity index (χ2v) is 14.4. The van der Waals surface area contributed by atoms with Gasteiger partial charge in [-0.15, -0.1) is 6.42 Å². The standard InChI is InChI=1S/C34H51F2N3O9/c1-11-15-44-32(7)17-18(3)24-20(5)26-33(8,48-31(43)39(26)14-13-37-24)23(12-2)46-30(42)34(35,36)27(41)21(6)28(32)47-29-25(40)22(38(9)10)16-19(4)45-29/h1,18-23,25-26,28-29,40H,12-17H2,2-10H3/t18-,19-,20+,21+,22+,23-,25-,26-,28-,29+,32+,33-/m1/s1. The van der Waals surface area contributed by atoms with Crippen molar-refractivity contribution in [2.75, 3.05) is 33.8 Å². The van der Waals surface area contributed by atoms with Crippen molar-refractivity contribution in [2.24, 2.45) is 22.7 Å². The van der Waals surface area contributed by atoms with Crippen LogP contribution in [-0.2, 0) is 33.3 Å². The van der Waals surface area contributed by atoms with E-state index in [2.05, 4.69) is 5.92 Å². The number of likely N-dealkylation sites (N-methyl/N-ethyl adjacent to an activating group) is 1. The lowest BCUT2D eigenvalue weighted by Crippen LogP contribution is -2.61. The molecular weight excluding hydrogens is 632 g/mol. The third-order valence-corrected chi connectivity index (χ3v) is 10.6. The maximum absolute atomic E-state index is 16.0. The number of hydrogen-bond donors (Lipinski definition) is 1. The number of terminal acetylenes is 1. The molecule has 4 heterocycles. The molecule has 3 saturated heterocycles. The van der Waals surface area contributed by atoms with Gasteiger partial charge in [0.25, 0.3) is 0 Å². The maximum Gasteiger partial charge on any atom is 0.410 e. The van der Waals surface area contributed by atoms with Crippen LogP contribution in [0.4, 0.5) is 13.6 Å². The van der Waals surface area contributed by atoms with Gasteiger partial charge in [0.05, 0.1) is 36.3 Å². The molecule has 0 saturated carbocycles. The molecule has 4 rings (SSSR count). The van der Waals surface area contributed by atoms with E-state index in [1.807, 2.05) is 18.7 Å². The molecule has 0 aromatic heterocycles. The predicted molar refractivity (Wildman–Crippen MR) is 170 cm³/mol. The molecule has 4 aliphatic heterocycles. The largest absolute Gasteiger partial charge is 0.453 e. The number of aliphatic hydroxyl groups excluding tert-OH is 1. The lowest BCUT2D eigenvalue weighted by Gasteiger charge is -2.47. The van der Waals surface area contributed by atoms with Crippen molar-refractivity contribution >= 4 is 23.6 Å². The minimum absolute atomic E-state index is 0.0281. The highest BCUT2D eigenvalue weighted by atomic mass is 19.3. The smallest absolute Gasteiger partial charge is 0.410 e. The number of esters is 1. The first-order chi connectivity index (χ1) is 22.3. The number of Topliss-reactive ketones (excluding diaryl/α,β-unsaturated/α-hetero) is 1. The van der Waals surface area contributed by atoms with Gasteiger partial charge in [-0.1, -0.05) is 33.6 Å². The normalized spacial score (nSPS) is 42.3. The molecule has 1 amide bonds. The summed E-state index contributed by atoms with van der Waals surface area (Å²) in [5, 5.41) is 11.3. The monoisotopic (exact) mass is 683 g/mol. The Morgan fingerprint density at radius 2 is 1.81 bits per heavy atom. The third-order valence-electron chi connectivity index (χ3n) is 10.6. The summed E-state index contributed by atoms with van der Waals surface area (Å²) in [5.41, 5.74) is -2.36. The zero-order chi connectivity index (χ0) is 35.9. The fourth-order valence-corrected chi connectivity index (χ4v) is 8.28. The van der Waals surface area contributed by atoms with Crippen molar-refractivity contribution in [1.82, 2.24) is 9.80 Å². The summed E-state index contributed by atoms with van der Waals surface area (Å²) in [6.07, 6.45) is -0.209. The number of alkyl halides is 2. The first kappa shape index (κ1) is 38.1. The SMILES string of the molecule is C#CCO[C@@]1(C)C[C@@H](C)C2=NCCN3C(=O)O[C@](C)([C@@H](CC)OC(=O)C(F)(F)C(=O)[C@H](C)[C@H]1O[C@@H]1O[C@H](C)C[C@H](N(C)C)[C@H]1O)[C@H]3[C@H]2C. The molecule has 12 nitrogen and oxygen atoms in total. The Labute approximate surface area is 281 Å². The Bertz CT molecular complexity index is 1310. The topological polar surface area (TPSA) is 136 Å². The van der Waals surface area contributed by atoms with Crippen LogP contribution < -0.4 is 0 Å². The molecular formula is C34H51F2N3O9. The number of hydrogen-bond acceptors (Lipinski definition) is 11. The van der Waals surface area contributed by atoms with Crippen LogP contribution >= 0.6 is 0 Å². The Morgan fingerprint density at radius 3 is 2.42 bits per heavy atom. The number of fused-ring (bicyclic) bond motifs is 1. The number of ketones is 1. The van der Waals surface area contributed by atoms with Gasteiger partial charge in [-0.3, -0.25) is 14.7 Å². The highest BCUT2D eigenvalue weighted by Crippen LogP contribution is 2.44. The number of amides is 1. The van der Waals surface area contributed by atoms with E-state index in [0.29, 0.717) is 12.1 Å². The summed E-state index contributed by atoms with van der Waals surface area (Å²) in [5.74, 6) is -8.61. The van der Waals surface area contributed by atoms with Gasteiger partial charge in [0.2, 0.25) is 5.78 Å². The van der Waals surface area contributed by atoms with E-state index in [4.69, 9.17) is 35.1 Å². The van der Waals surface area contributed by atoms with Gasteiger partial charge in [0.1, 0.15) is 18.8 Å². The van der Waals surface area contributed by atoms with E-state index < -0.39 is 89.4 Å². The number of cyclic esters (lactones) is 1. The van der Waals surface area contributed by atoms with E-state index in [9.17, 15) is 19.5 Å². The average Bonchev–Trinajstić information content (AvgIpc) is 3.14. The average molecular weight is 684 g/mol. The van der Waals surface area contributed by atoms with Gasteiger partial charge in [0.15, 0.2) is 11.9 Å². The number of carbonyl (C=O) groups excluding carboxylic acids is 3. The van der Waals surface area contributed by atoms with Gasteiger partial charge in [-0.2, -0.15) is 8.78 Å². The number of aliphatic hydroxyl groups is 1. The Hall–Kier alpha value is -2.70. The molecule has 0 aromatic carbocycles. The van der Waals surface area contributed by atoms with Crippen molar-refractivity contribution in [3.05, 3.63) is 0 Å². The maximum atomic E-state index is 16.0. The van der Waals surface area contributed by atoms with Gasteiger partial charge < -0.3 is 33.7 Å². The first-order valence-corrected chi connectivity index (χ1v) is 16.7. The summed E-state index contributed by atoms with van der Waals surface area (Å²) in [6.45, 7) is 11.8. The molecule has 0 unspecified atom stereocenters. The summed E-state index contributed by atoms with van der Waals surface area (Å²) in [6, 6.07) is -1.13. The van der Waals surface area contributed by atoms with Crippen LogP contribution in [0.2, 0.25) is 0 Å². The zero-order valence-electron chi connectivity index (χ0n) is 29.4. The molecule has 48 heavy (non-hydrogen) atoms. The molecule has 2 bridgehead atoms. The molecule has 1 N–H and O–H groups in total. The van der Waals surface area contributed by atoms with Crippen molar-refractivity contribution in [3.63, 3.8) is 0 Å². The molecule has 14 heteroatoms. The second-order valence-electron chi connectivity index (χ2n) is 14.4. The van der Waals surface area contributed by atoms with Crippen LogP contribution in [0.3, 0.4) is 0 Å². The Balaban J connectivity index is 1.88. The molecule has 0 spiro atoms. The van der Waals surface area contributed by atoms with Crippen LogP contribution in [0.25, 0.3) is 0 Å². The van der Waals surface area contributed by atoms with Gasteiger partial charge in [0, 0.05) is 24.2 Å². The molecule has 4 aliphatic rings. The van der Waals surface area contributed by atoms with E-state index in [1.165, 1.54) is 11.8 Å². The van der Waals surface area contributed by atoms with E-state index in [-0.39, 0.29) is 38.6 Å². The predicted octanol–water partition coefficient (Wildman–Crippen LogP) is 3.08. The summed E-state index contributed by atoms with van der Waals surface area (Å²) in [4.78, 5) is 48.5. The number of halogens is 2. The van der Waals surface area contributed by atoms with Crippen molar-refractivity contribution in [3.8, 4) is 12.3 Å². The molecule has 0 aromatic rings. The second kappa shape index (κ2) is 14.3. The Morgan fingerprint density at radius 1 is 1.15 bits per heavy atom. The van der Waals surface area contributed by atoms with E-state index >= 15 is 8.78 Å². The summed E-state index contributed by atoms with van der Waals surface area (Å²) < 4.78 is 61.9. The number of aliphatic imine (C=N–C) groups is 1. The van der Waals surface area contributed by atoms with Crippen LogP contribution in [0.1, 0.15) is 67.7 Å². The Kier molecular flexibility index (Phi) is 11.3. The number of rotatable bonds is 6. The van der Waals surface area contributed by atoms with Crippen LogP contribution in [0.15, 0.2) is 4.99 Å². The highest BCUT2D eigenvalue weighted by molar-refractivity contribution is 6.06. The van der Waals surface area contributed by atoms with E-state index in [1.54, 1.807) is 41.8 Å². The molecule has 12 atom stereocenters. The van der Waals surface area contributed by atoms with Crippen molar-refractivity contribution < 1.29 is 52.0 Å². The van der Waals surface area contributed by atoms with Gasteiger partial charge >= 0.3 is 18.0 Å². The lowest BCUT2D eigenvalue weighted by atomic mass is 9.73. The number of carbonyl (C=O) groups is 3. The fraction of sp³-hybridized carbons (Fsp3) is 0.824. The number of nitrogens with zero attached hydrogens (tertiary/aromatic N) is 3. The minimum Gasteiger partial charge on any atom is -0.453 e. The number of ether oxygens (including phenoxy) is 5. The van der Waals surface area contributed by atoms with Gasteiger partial charge in [-0.25, -0.2) is 9.59 Å². The molecule has 0 radical (unpaired) electrons. The van der Waals surface area contributed by atoms with Crippen molar-refractivity contribution in [1.29, 1.82) is 0 Å². The molecule has 3 fully saturated rings. The van der Waals surface area contributed by atoms with Crippen LogP contribution in [-0.4, -0.2) is 132 Å². The van der Waals surface area contributed by atoms with Gasteiger partial charge in [-0.05, 0) is 60.0 Å². The third kappa shape index (κ3) is 6.86. The quantitative estimate of drug-likeness (QED) is 0.253. The zero-order valence-corrected chi connectivity index (χ0v) is 29.4. The first-order valence-electron chi connectivity index (χ1n) is 16.7. The lowest BCUT2D eigenvalue weighted by molar-refractivity contribution is -0.297. The minimum atomic E-state index is -4.62. The molecule has 270 valence electrons. The highest BCUT2D eigenvalue weighted by Gasteiger charge is 2.63. The van der Waals surface area contributed by atoms with Crippen LogP contribution in [0, 0.1) is 30.1 Å².